The number of aryl methyl sites for hydroxylation is 2. The van der Waals surface area contributed by atoms with E-state index in [9.17, 15) is 4.79 Å². The van der Waals surface area contributed by atoms with Crippen LogP contribution >= 0.6 is 0 Å². The van der Waals surface area contributed by atoms with E-state index in [-0.39, 0.29) is 5.91 Å². The lowest BCUT2D eigenvalue weighted by atomic mass is 10.1. The molecule has 0 radical (unpaired) electrons. The maximum Gasteiger partial charge on any atom is 0.241 e. The van der Waals surface area contributed by atoms with Gasteiger partial charge < -0.3 is 16.0 Å². The number of hydrogen-bond donors (Lipinski definition) is 3. The number of rotatable bonds is 5. The molecule has 3 heterocycles. The van der Waals surface area contributed by atoms with E-state index < -0.39 is 6.04 Å². The lowest BCUT2D eigenvalue weighted by Gasteiger charge is -2.14. The van der Waals surface area contributed by atoms with Crippen LogP contribution in [0.25, 0.3) is 11.0 Å². The highest BCUT2D eigenvalue weighted by molar-refractivity contribution is 5.97. The van der Waals surface area contributed by atoms with Gasteiger partial charge in [0.05, 0.1) is 17.9 Å². The number of nitrogens with one attached hydrogen (secondary N) is 2. The SMILES string of the molecule is Cc1c(NC(=O)C(N)CCc2ccncc2)cnc2[nH]ccc12. The van der Waals surface area contributed by atoms with E-state index >= 15 is 0 Å². The second-order valence-electron chi connectivity index (χ2n) is 5.53. The first kappa shape index (κ1) is 15.2. The molecular weight excluding hydrogens is 290 g/mol. The van der Waals surface area contributed by atoms with Crippen LogP contribution in [0.5, 0.6) is 0 Å². The number of H-pyrrole nitrogens is 1. The molecule has 6 heteroatoms. The van der Waals surface area contributed by atoms with Crippen molar-refractivity contribution in [2.45, 2.75) is 25.8 Å². The van der Waals surface area contributed by atoms with Crippen LogP contribution in [-0.2, 0) is 11.2 Å². The molecule has 0 aliphatic heterocycles. The molecule has 0 bridgehead atoms. The predicted octanol–water partition coefficient (Wildman–Crippen LogP) is 2.16. The average molecular weight is 309 g/mol. The summed E-state index contributed by atoms with van der Waals surface area (Å²) in [6, 6.07) is 5.23. The summed E-state index contributed by atoms with van der Waals surface area (Å²) in [5, 5.41) is 3.87. The van der Waals surface area contributed by atoms with Crippen LogP contribution in [0.3, 0.4) is 0 Å². The highest BCUT2D eigenvalue weighted by Gasteiger charge is 2.15. The van der Waals surface area contributed by atoms with E-state index in [0.29, 0.717) is 12.1 Å². The van der Waals surface area contributed by atoms with Gasteiger partial charge in [-0.15, -0.1) is 0 Å². The van der Waals surface area contributed by atoms with E-state index in [1.807, 2.05) is 31.3 Å². The predicted molar refractivity (Wildman–Crippen MR) is 90.0 cm³/mol. The number of hydrogen-bond acceptors (Lipinski definition) is 4. The Morgan fingerprint density at radius 3 is 2.91 bits per heavy atom. The Balaban J connectivity index is 1.64. The van der Waals surface area contributed by atoms with Gasteiger partial charge in [-0.1, -0.05) is 0 Å². The summed E-state index contributed by atoms with van der Waals surface area (Å²) in [7, 11) is 0. The molecule has 0 saturated heterocycles. The van der Waals surface area contributed by atoms with Gasteiger partial charge in [-0.25, -0.2) is 4.98 Å². The summed E-state index contributed by atoms with van der Waals surface area (Å²) in [5.41, 5.74) is 9.60. The molecule has 0 aromatic carbocycles. The van der Waals surface area contributed by atoms with Gasteiger partial charge in [-0.05, 0) is 49.1 Å². The Hall–Kier alpha value is -2.73. The van der Waals surface area contributed by atoms with E-state index in [2.05, 4.69) is 20.3 Å². The molecule has 0 aliphatic carbocycles. The quantitative estimate of drug-likeness (QED) is 0.673. The van der Waals surface area contributed by atoms with Crippen molar-refractivity contribution >= 4 is 22.6 Å². The molecule has 1 unspecified atom stereocenters. The van der Waals surface area contributed by atoms with Gasteiger partial charge in [-0.2, -0.15) is 0 Å². The Labute approximate surface area is 134 Å². The van der Waals surface area contributed by atoms with Crippen molar-refractivity contribution in [3.05, 3.63) is 54.1 Å². The van der Waals surface area contributed by atoms with Crippen LogP contribution in [-0.4, -0.2) is 26.9 Å². The Bertz CT molecular complexity index is 812. The van der Waals surface area contributed by atoms with Gasteiger partial charge in [0.25, 0.3) is 0 Å². The lowest BCUT2D eigenvalue weighted by molar-refractivity contribution is -0.117. The van der Waals surface area contributed by atoms with Crippen molar-refractivity contribution in [3.8, 4) is 0 Å². The molecule has 0 fully saturated rings. The normalized spacial score (nSPS) is 12.3. The third-order valence-corrected chi connectivity index (χ3v) is 3.94. The van der Waals surface area contributed by atoms with Crippen molar-refractivity contribution in [2.75, 3.05) is 5.32 Å². The highest BCUT2D eigenvalue weighted by atomic mass is 16.2. The zero-order chi connectivity index (χ0) is 16.2. The smallest absolute Gasteiger partial charge is 0.241 e. The van der Waals surface area contributed by atoms with Gasteiger partial charge in [0.1, 0.15) is 5.65 Å². The number of anilines is 1. The van der Waals surface area contributed by atoms with E-state index in [1.165, 1.54) is 0 Å². The number of carbonyl (C=O) groups is 1. The van der Waals surface area contributed by atoms with Crippen LogP contribution < -0.4 is 11.1 Å². The molecule has 23 heavy (non-hydrogen) atoms. The van der Waals surface area contributed by atoms with E-state index in [4.69, 9.17) is 5.73 Å². The molecule has 3 aromatic heterocycles. The van der Waals surface area contributed by atoms with Crippen molar-refractivity contribution in [3.63, 3.8) is 0 Å². The lowest BCUT2D eigenvalue weighted by Crippen LogP contribution is -2.36. The second kappa shape index (κ2) is 6.58. The molecule has 3 rings (SSSR count). The van der Waals surface area contributed by atoms with Gasteiger partial charge in [0.2, 0.25) is 5.91 Å². The number of carbonyl (C=O) groups excluding carboxylic acids is 1. The third kappa shape index (κ3) is 3.37. The first-order valence-electron chi connectivity index (χ1n) is 7.53. The van der Waals surface area contributed by atoms with Gasteiger partial charge >= 0.3 is 0 Å². The topological polar surface area (TPSA) is 96.7 Å². The van der Waals surface area contributed by atoms with Crippen LogP contribution in [0.4, 0.5) is 5.69 Å². The summed E-state index contributed by atoms with van der Waals surface area (Å²) in [6.45, 7) is 1.95. The molecular formula is C17H19N5O. The van der Waals surface area contributed by atoms with Crippen LogP contribution in [0.1, 0.15) is 17.5 Å². The van der Waals surface area contributed by atoms with Crippen LogP contribution in [0, 0.1) is 6.92 Å². The van der Waals surface area contributed by atoms with Crippen molar-refractivity contribution in [1.82, 2.24) is 15.0 Å². The van der Waals surface area contributed by atoms with Crippen LogP contribution in [0.15, 0.2) is 43.0 Å². The molecule has 6 nitrogen and oxygen atoms in total. The molecule has 118 valence electrons. The maximum atomic E-state index is 12.3. The second-order valence-corrected chi connectivity index (χ2v) is 5.53. The van der Waals surface area contributed by atoms with Gasteiger partial charge in [0, 0.05) is 24.0 Å². The first-order chi connectivity index (χ1) is 11.1. The van der Waals surface area contributed by atoms with E-state index in [0.717, 1.165) is 28.6 Å². The summed E-state index contributed by atoms with van der Waals surface area (Å²) in [4.78, 5) is 23.6. The molecule has 0 spiro atoms. The molecule has 1 atom stereocenters. The Morgan fingerprint density at radius 2 is 2.13 bits per heavy atom. The number of fused-ring (bicyclic) bond motifs is 1. The zero-order valence-electron chi connectivity index (χ0n) is 12.9. The molecule has 1 amide bonds. The molecule has 3 aromatic rings. The summed E-state index contributed by atoms with van der Waals surface area (Å²) in [5.74, 6) is -0.196. The summed E-state index contributed by atoms with van der Waals surface area (Å²) >= 11 is 0. The van der Waals surface area contributed by atoms with Crippen molar-refractivity contribution in [1.29, 1.82) is 0 Å². The third-order valence-electron chi connectivity index (χ3n) is 3.94. The average Bonchev–Trinajstić information content (AvgIpc) is 3.05. The standard InChI is InChI=1S/C17H19N5O/c1-11-13-6-9-20-16(13)21-10-15(11)22-17(23)14(18)3-2-12-4-7-19-8-5-12/h4-10,14H,2-3,18H2,1H3,(H,20,21)(H,22,23). The number of aromatic amines is 1. The minimum Gasteiger partial charge on any atom is -0.346 e. The number of nitrogens with two attached hydrogens (primary N) is 1. The van der Waals surface area contributed by atoms with Gasteiger partial charge in [-0.3, -0.25) is 9.78 Å². The minimum absolute atomic E-state index is 0.196. The van der Waals surface area contributed by atoms with Gasteiger partial charge in [0.15, 0.2) is 0 Å². The monoisotopic (exact) mass is 309 g/mol. The number of nitrogens with zero attached hydrogens (tertiary/aromatic N) is 2. The van der Waals surface area contributed by atoms with Crippen molar-refractivity contribution in [2.24, 2.45) is 5.73 Å². The maximum absolute atomic E-state index is 12.3. The fraction of sp³-hybridized carbons (Fsp3) is 0.235. The molecule has 0 saturated carbocycles. The minimum atomic E-state index is -0.565. The van der Waals surface area contributed by atoms with Crippen molar-refractivity contribution < 1.29 is 4.79 Å². The Kier molecular flexibility index (Phi) is 4.34. The number of pyridine rings is 2. The van der Waals surface area contributed by atoms with Crippen LogP contribution in [0.2, 0.25) is 0 Å². The summed E-state index contributed by atoms with van der Waals surface area (Å²) in [6.07, 6.45) is 8.28. The zero-order valence-corrected chi connectivity index (χ0v) is 12.9. The largest absolute Gasteiger partial charge is 0.346 e. The van der Waals surface area contributed by atoms with E-state index in [1.54, 1.807) is 18.6 Å². The molecule has 4 N–H and O–H groups in total. The fourth-order valence-electron chi connectivity index (χ4n) is 2.50. The Morgan fingerprint density at radius 1 is 1.35 bits per heavy atom. The number of aromatic nitrogens is 3. The first-order valence-corrected chi connectivity index (χ1v) is 7.53. The molecule has 0 aliphatic rings. The fourth-order valence-corrected chi connectivity index (χ4v) is 2.50. The number of amides is 1. The highest BCUT2D eigenvalue weighted by Crippen LogP contribution is 2.22. The summed E-state index contributed by atoms with van der Waals surface area (Å²) < 4.78 is 0.